The molecule has 0 fully saturated rings. The Morgan fingerprint density at radius 1 is 1.25 bits per heavy atom. The van der Waals surface area contributed by atoms with Gasteiger partial charge < -0.3 is 14.3 Å². The summed E-state index contributed by atoms with van der Waals surface area (Å²) in [6.07, 6.45) is 3.68. The minimum absolute atomic E-state index is 0.232. The van der Waals surface area contributed by atoms with Gasteiger partial charge >= 0.3 is 0 Å². The molecule has 0 aliphatic rings. The van der Waals surface area contributed by atoms with Crippen LogP contribution in [0.1, 0.15) is 30.2 Å². The summed E-state index contributed by atoms with van der Waals surface area (Å²) in [4.78, 5) is 16.3. The van der Waals surface area contributed by atoms with Crippen molar-refractivity contribution in [2.45, 2.75) is 19.9 Å². The number of halogens is 1. The highest BCUT2D eigenvalue weighted by atomic mass is 35.5. The molecular formula is C18H18ClN3O2. The van der Waals surface area contributed by atoms with Crippen molar-refractivity contribution in [1.82, 2.24) is 14.9 Å². The van der Waals surface area contributed by atoms with E-state index in [-0.39, 0.29) is 11.9 Å². The zero-order valence-corrected chi connectivity index (χ0v) is 14.5. The Kier molecular flexibility index (Phi) is 4.44. The summed E-state index contributed by atoms with van der Waals surface area (Å²) in [5.74, 6) is 1.88. The predicted octanol–water partition coefficient (Wildman–Crippen LogP) is 4.40. The van der Waals surface area contributed by atoms with Gasteiger partial charge in [-0.25, -0.2) is 4.98 Å². The number of imidazole rings is 1. The van der Waals surface area contributed by atoms with Crippen LogP contribution in [0.25, 0.3) is 22.9 Å². The largest absolute Gasteiger partial charge is 0.453 e. The lowest BCUT2D eigenvalue weighted by Crippen LogP contribution is -2.18. The molecule has 0 saturated heterocycles. The highest BCUT2D eigenvalue weighted by Crippen LogP contribution is 2.31. The predicted molar refractivity (Wildman–Crippen MR) is 94.2 cm³/mol. The molecule has 0 aliphatic carbocycles. The number of carbonyl (C=O) groups excluding carboxylic acids is 1. The number of nitrogens with one attached hydrogen (secondary N) is 1. The monoisotopic (exact) mass is 343 g/mol. The van der Waals surface area contributed by atoms with Gasteiger partial charge in [0.1, 0.15) is 5.76 Å². The Morgan fingerprint density at radius 3 is 2.71 bits per heavy atom. The van der Waals surface area contributed by atoms with Crippen LogP contribution in [0.5, 0.6) is 0 Å². The van der Waals surface area contributed by atoms with E-state index in [1.54, 1.807) is 25.4 Å². The minimum atomic E-state index is -0.232. The minimum Gasteiger partial charge on any atom is -0.453 e. The van der Waals surface area contributed by atoms with Crippen molar-refractivity contribution in [3.05, 3.63) is 53.3 Å². The molecule has 6 heteroatoms. The average Bonchev–Trinajstić information content (AvgIpc) is 3.23. The number of nitrogens with zero attached hydrogens (tertiary/aromatic N) is 2. The zero-order chi connectivity index (χ0) is 17.3. The standard InChI is InChI=1S/C18H18ClN3O2/c1-11(2)22-9-8-21-17(22)16-7-6-15(24-16)12-4-5-14(19)13(10-12)18(23)20-3/h4-11H,1-3H3,(H,20,23). The van der Waals surface area contributed by atoms with Gasteiger partial charge in [0.15, 0.2) is 11.6 Å². The van der Waals surface area contributed by atoms with Crippen molar-refractivity contribution >= 4 is 17.5 Å². The molecule has 0 unspecified atom stereocenters. The molecule has 2 heterocycles. The topological polar surface area (TPSA) is 60.1 Å². The van der Waals surface area contributed by atoms with Crippen LogP contribution in [0.15, 0.2) is 47.1 Å². The molecule has 3 aromatic rings. The summed E-state index contributed by atoms with van der Waals surface area (Å²) >= 11 is 6.09. The quantitative estimate of drug-likeness (QED) is 0.763. The van der Waals surface area contributed by atoms with E-state index in [0.29, 0.717) is 22.1 Å². The lowest BCUT2D eigenvalue weighted by atomic mass is 10.1. The molecule has 5 nitrogen and oxygen atoms in total. The molecule has 24 heavy (non-hydrogen) atoms. The molecule has 0 radical (unpaired) electrons. The van der Waals surface area contributed by atoms with E-state index >= 15 is 0 Å². The van der Waals surface area contributed by atoms with Crippen LogP contribution in [-0.4, -0.2) is 22.5 Å². The van der Waals surface area contributed by atoms with Crippen LogP contribution >= 0.6 is 11.6 Å². The van der Waals surface area contributed by atoms with Gasteiger partial charge in [-0.05, 0) is 44.2 Å². The van der Waals surface area contributed by atoms with Crippen LogP contribution in [-0.2, 0) is 0 Å². The Hall–Kier alpha value is -2.53. The van der Waals surface area contributed by atoms with Crippen molar-refractivity contribution in [3.8, 4) is 22.9 Å². The van der Waals surface area contributed by atoms with E-state index in [1.165, 1.54) is 0 Å². The van der Waals surface area contributed by atoms with Gasteiger partial charge in [0.05, 0.1) is 10.6 Å². The molecule has 124 valence electrons. The maximum Gasteiger partial charge on any atom is 0.252 e. The van der Waals surface area contributed by atoms with E-state index in [2.05, 4.69) is 24.1 Å². The third-order valence-corrected chi connectivity index (χ3v) is 4.10. The Bertz CT molecular complexity index is 880. The number of hydrogen-bond acceptors (Lipinski definition) is 3. The Morgan fingerprint density at radius 2 is 2.00 bits per heavy atom. The number of aromatic nitrogens is 2. The third kappa shape index (κ3) is 2.95. The molecule has 1 aromatic carbocycles. The lowest BCUT2D eigenvalue weighted by Gasteiger charge is -2.09. The highest BCUT2D eigenvalue weighted by molar-refractivity contribution is 6.34. The van der Waals surface area contributed by atoms with Crippen LogP contribution in [0, 0.1) is 0 Å². The number of amides is 1. The molecule has 0 atom stereocenters. The van der Waals surface area contributed by atoms with Gasteiger partial charge in [-0.2, -0.15) is 0 Å². The molecule has 3 rings (SSSR count). The maximum atomic E-state index is 11.9. The van der Waals surface area contributed by atoms with E-state index < -0.39 is 0 Å². The van der Waals surface area contributed by atoms with E-state index in [9.17, 15) is 4.79 Å². The summed E-state index contributed by atoms with van der Waals surface area (Å²) in [5.41, 5.74) is 1.20. The normalized spacial score (nSPS) is 11.0. The van der Waals surface area contributed by atoms with Gasteiger partial charge in [-0.1, -0.05) is 11.6 Å². The molecule has 1 N–H and O–H groups in total. The average molecular weight is 344 g/mol. The van der Waals surface area contributed by atoms with Crippen molar-refractivity contribution in [1.29, 1.82) is 0 Å². The summed E-state index contributed by atoms with van der Waals surface area (Å²) in [6, 6.07) is 9.27. The summed E-state index contributed by atoms with van der Waals surface area (Å²) < 4.78 is 8.00. The second-order valence-corrected chi connectivity index (χ2v) is 6.10. The second-order valence-electron chi connectivity index (χ2n) is 5.69. The van der Waals surface area contributed by atoms with Crippen LogP contribution in [0.3, 0.4) is 0 Å². The Labute approximate surface area is 145 Å². The highest BCUT2D eigenvalue weighted by Gasteiger charge is 2.15. The fourth-order valence-electron chi connectivity index (χ4n) is 2.52. The fraction of sp³-hybridized carbons (Fsp3) is 0.222. The van der Waals surface area contributed by atoms with Crippen molar-refractivity contribution in [2.24, 2.45) is 0 Å². The van der Waals surface area contributed by atoms with Gasteiger partial charge in [0.25, 0.3) is 5.91 Å². The first-order chi connectivity index (χ1) is 11.5. The summed E-state index contributed by atoms with van der Waals surface area (Å²) in [5, 5.41) is 2.98. The van der Waals surface area contributed by atoms with Gasteiger partial charge in [0, 0.05) is 31.0 Å². The van der Waals surface area contributed by atoms with E-state index in [1.807, 2.05) is 29.0 Å². The SMILES string of the molecule is CNC(=O)c1cc(-c2ccc(-c3nccn3C(C)C)o2)ccc1Cl. The molecule has 0 aliphatic heterocycles. The van der Waals surface area contributed by atoms with Gasteiger partial charge in [0.2, 0.25) is 0 Å². The molecule has 0 spiro atoms. The molecular weight excluding hydrogens is 326 g/mol. The van der Waals surface area contributed by atoms with Gasteiger partial charge in [-0.3, -0.25) is 4.79 Å². The Balaban J connectivity index is 1.99. The molecule has 1 amide bonds. The number of carbonyl (C=O) groups is 1. The first kappa shape index (κ1) is 16.3. The molecule has 2 aromatic heterocycles. The van der Waals surface area contributed by atoms with Crippen molar-refractivity contribution in [3.63, 3.8) is 0 Å². The van der Waals surface area contributed by atoms with E-state index in [4.69, 9.17) is 16.0 Å². The van der Waals surface area contributed by atoms with Crippen LogP contribution in [0.4, 0.5) is 0 Å². The number of furan rings is 1. The second kappa shape index (κ2) is 6.53. The summed E-state index contributed by atoms with van der Waals surface area (Å²) in [6.45, 7) is 4.17. The van der Waals surface area contributed by atoms with Crippen LogP contribution in [0.2, 0.25) is 5.02 Å². The third-order valence-electron chi connectivity index (χ3n) is 3.77. The van der Waals surface area contributed by atoms with Crippen LogP contribution < -0.4 is 5.32 Å². The lowest BCUT2D eigenvalue weighted by molar-refractivity contribution is 0.0963. The zero-order valence-electron chi connectivity index (χ0n) is 13.7. The van der Waals surface area contributed by atoms with Gasteiger partial charge in [-0.15, -0.1) is 0 Å². The van der Waals surface area contributed by atoms with Crippen molar-refractivity contribution < 1.29 is 9.21 Å². The number of hydrogen-bond donors (Lipinski definition) is 1. The molecule has 0 saturated carbocycles. The number of benzene rings is 1. The first-order valence-electron chi connectivity index (χ1n) is 7.66. The maximum absolute atomic E-state index is 11.9. The first-order valence-corrected chi connectivity index (χ1v) is 8.04. The van der Waals surface area contributed by atoms with E-state index in [0.717, 1.165) is 11.4 Å². The number of rotatable bonds is 4. The molecule has 0 bridgehead atoms. The summed E-state index contributed by atoms with van der Waals surface area (Å²) in [7, 11) is 1.57. The van der Waals surface area contributed by atoms with Crippen molar-refractivity contribution in [2.75, 3.05) is 7.05 Å². The smallest absolute Gasteiger partial charge is 0.252 e. The fourth-order valence-corrected chi connectivity index (χ4v) is 2.72.